The number of guanidine groups is 1. The third-order valence-corrected chi connectivity index (χ3v) is 4.39. The Balaban J connectivity index is 1.96. The zero-order valence-corrected chi connectivity index (χ0v) is 12.9. The van der Waals surface area contributed by atoms with Gasteiger partial charge in [-0.05, 0) is 24.3 Å². The van der Waals surface area contributed by atoms with Gasteiger partial charge in [-0.2, -0.15) is 4.99 Å². The maximum absolute atomic E-state index is 6.14. The van der Waals surface area contributed by atoms with Crippen LogP contribution in [0.2, 0.25) is 10.0 Å². The van der Waals surface area contributed by atoms with Crippen LogP contribution in [-0.2, 0) is 0 Å². The van der Waals surface area contributed by atoms with Crippen molar-refractivity contribution in [1.29, 1.82) is 0 Å². The van der Waals surface area contributed by atoms with E-state index in [1.807, 2.05) is 41.0 Å². The third kappa shape index (κ3) is 2.01. The molecule has 0 amide bonds. The Labute approximate surface area is 136 Å². The van der Waals surface area contributed by atoms with E-state index in [9.17, 15) is 0 Å². The van der Waals surface area contributed by atoms with Gasteiger partial charge < -0.3 is 5.73 Å². The molecular formula is C15H12Cl2N5+. The summed E-state index contributed by atoms with van der Waals surface area (Å²) in [5.74, 6) is 1.13. The first kappa shape index (κ1) is 13.4. The summed E-state index contributed by atoms with van der Waals surface area (Å²) >= 11 is 12.1. The molecule has 1 aromatic heterocycles. The minimum Gasteiger partial charge on any atom is -0.357 e. The van der Waals surface area contributed by atoms with Gasteiger partial charge >= 0.3 is 5.95 Å². The number of anilines is 1. The van der Waals surface area contributed by atoms with Gasteiger partial charge in [0.2, 0.25) is 6.17 Å². The van der Waals surface area contributed by atoms with Crippen molar-refractivity contribution in [2.45, 2.75) is 6.17 Å². The minimum atomic E-state index is -0.304. The molecule has 4 N–H and O–H groups in total. The average molecular weight is 333 g/mol. The lowest BCUT2D eigenvalue weighted by Gasteiger charge is -2.18. The molecule has 4 rings (SSSR count). The zero-order chi connectivity index (χ0) is 15.3. The van der Waals surface area contributed by atoms with Crippen molar-refractivity contribution in [3.05, 3.63) is 58.1 Å². The number of aliphatic imine (C=N–C) groups is 1. The molecule has 0 radical (unpaired) electrons. The van der Waals surface area contributed by atoms with E-state index in [1.54, 1.807) is 6.07 Å². The summed E-state index contributed by atoms with van der Waals surface area (Å²) in [6.07, 6.45) is -0.304. The molecule has 0 saturated heterocycles. The molecule has 0 unspecified atom stereocenters. The first-order valence-corrected chi connectivity index (χ1v) is 7.46. The Morgan fingerprint density at radius 2 is 1.91 bits per heavy atom. The lowest BCUT2D eigenvalue weighted by molar-refractivity contribution is -0.674. The van der Waals surface area contributed by atoms with Crippen molar-refractivity contribution < 1.29 is 4.57 Å². The number of aromatic nitrogens is 2. The molecule has 0 saturated carbocycles. The number of H-pyrrole nitrogens is 1. The maximum atomic E-state index is 6.14. The van der Waals surface area contributed by atoms with Crippen LogP contribution in [0.25, 0.3) is 11.0 Å². The SMILES string of the molecule is NC1=N[C@@H](c2ccc(Cl)c(Cl)c2)[n+]2c([nH]c3ccccc32)N1. The molecule has 5 nitrogen and oxygen atoms in total. The van der Waals surface area contributed by atoms with Gasteiger partial charge in [-0.1, -0.05) is 41.4 Å². The number of fused-ring (bicyclic) bond motifs is 3. The Hall–Kier alpha value is -2.24. The number of benzene rings is 2. The van der Waals surface area contributed by atoms with E-state index in [0.717, 1.165) is 22.5 Å². The Morgan fingerprint density at radius 1 is 1.09 bits per heavy atom. The molecule has 0 aliphatic carbocycles. The molecular weight excluding hydrogens is 321 g/mol. The molecule has 2 aromatic carbocycles. The van der Waals surface area contributed by atoms with E-state index in [4.69, 9.17) is 28.9 Å². The minimum absolute atomic E-state index is 0.304. The van der Waals surface area contributed by atoms with E-state index in [2.05, 4.69) is 15.3 Å². The molecule has 2 heterocycles. The van der Waals surface area contributed by atoms with Crippen LogP contribution in [0.15, 0.2) is 47.5 Å². The zero-order valence-electron chi connectivity index (χ0n) is 11.3. The number of rotatable bonds is 1. The molecule has 0 spiro atoms. The summed E-state index contributed by atoms with van der Waals surface area (Å²) in [7, 11) is 0. The van der Waals surface area contributed by atoms with Gasteiger partial charge in [-0.25, -0.2) is 14.9 Å². The summed E-state index contributed by atoms with van der Waals surface area (Å²) in [4.78, 5) is 7.82. The monoisotopic (exact) mass is 332 g/mol. The highest BCUT2D eigenvalue weighted by Gasteiger charge is 2.31. The van der Waals surface area contributed by atoms with E-state index in [-0.39, 0.29) is 6.17 Å². The first-order valence-electron chi connectivity index (χ1n) is 6.71. The molecule has 0 fully saturated rings. The predicted molar refractivity (Wildman–Crippen MR) is 88.3 cm³/mol. The van der Waals surface area contributed by atoms with Gasteiger partial charge in [0.1, 0.15) is 11.0 Å². The van der Waals surface area contributed by atoms with Gasteiger partial charge in [0.05, 0.1) is 10.0 Å². The highest BCUT2D eigenvalue weighted by atomic mass is 35.5. The number of hydrogen-bond donors (Lipinski definition) is 3. The van der Waals surface area contributed by atoms with Gasteiger partial charge in [0.15, 0.2) is 0 Å². The summed E-state index contributed by atoms with van der Waals surface area (Å²) in [6, 6.07) is 13.5. The molecule has 1 atom stereocenters. The van der Waals surface area contributed by atoms with Crippen LogP contribution < -0.4 is 15.6 Å². The quantitative estimate of drug-likeness (QED) is 0.599. The topological polar surface area (TPSA) is 70.1 Å². The van der Waals surface area contributed by atoms with Crippen molar-refractivity contribution in [2.24, 2.45) is 10.7 Å². The number of para-hydroxylation sites is 2. The molecule has 110 valence electrons. The molecule has 7 heteroatoms. The molecule has 3 aromatic rings. The second-order valence-corrected chi connectivity index (χ2v) is 5.86. The van der Waals surface area contributed by atoms with Crippen molar-refractivity contribution in [3.63, 3.8) is 0 Å². The van der Waals surface area contributed by atoms with Gasteiger partial charge in [-0.15, -0.1) is 0 Å². The number of imidazole rings is 1. The number of halogens is 2. The van der Waals surface area contributed by atoms with Crippen LogP contribution in [0.4, 0.5) is 5.95 Å². The van der Waals surface area contributed by atoms with Crippen molar-refractivity contribution in [3.8, 4) is 0 Å². The number of nitrogens with two attached hydrogens (primary N) is 1. The number of aromatic amines is 1. The average Bonchev–Trinajstić information content (AvgIpc) is 2.87. The first-order chi connectivity index (χ1) is 10.6. The molecule has 0 bridgehead atoms. The fraction of sp³-hybridized carbons (Fsp3) is 0.0667. The van der Waals surface area contributed by atoms with Crippen LogP contribution in [0.3, 0.4) is 0 Å². The normalized spacial score (nSPS) is 17.0. The Bertz CT molecular complexity index is 915. The van der Waals surface area contributed by atoms with Gasteiger partial charge in [-0.3, -0.25) is 0 Å². The van der Waals surface area contributed by atoms with E-state index in [0.29, 0.717) is 16.0 Å². The van der Waals surface area contributed by atoms with Gasteiger partial charge in [0, 0.05) is 5.56 Å². The van der Waals surface area contributed by atoms with E-state index >= 15 is 0 Å². The number of hydrogen-bond acceptors (Lipinski definition) is 3. The van der Waals surface area contributed by atoms with Crippen LogP contribution in [0, 0.1) is 0 Å². The Kier molecular flexibility index (Phi) is 2.99. The number of nitrogens with zero attached hydrogens (tertiary/aromatic N) is 2. The fourth-order valence-corrected chi connectivity index (χ4v) is 2.99. The summed E-state index contributed by atoms with van der Waals surface area (Å²) in [5, 5.41) is 4.06. The highest BCUT2D eigenvalue weighted by Crippen LogP contribution is 2.29. The second-order valence-electron chi connectivity index (χ2n) is 5.05. The predicted octanol–water partition coefficient (Wildman–Crippen LogP) is 3.05. The van der Waals surface area contributed by atoms with E-state index in [1.165, 1.54) is 0 Å². The molecule has 1 aliphatic rings. The highest BCUT2D eigenvalue weighted by molar-refractivity contribution is 6.42. The summed E-state index contributed by atoms with van der Waals surface area (Å²) < 4.78 is 2.05. The van der Waals surface area contributed by atoms with Crippen molar-refractivity contribution >= 4 is 46.1 Å². The van der Waals surface area contributed by atoms with Gasteiger partial charge in [0.25, 0.3) is 5.96 Å². The largest absolute Gasteiger partial charge is 0.365 e. The van der Waals surface area contributed by atoms with Crippen LogP contribution >= 0.6 is 23.2 Å². The second kappa shape index (κ2) is 4.90. The lowest BCUT2D eigenvalue weighted by Crippen LogP contribution is -2.48. The summed E-state index contributed by atoms with van der Waals surface area (Å²) in [5.41, 5.74) is 8.85. The van der Waals surface area contributed by atoms with Crippen LogP contribution in [0.1, 0.15) is 11.7 Å². The van der Waals surface area contributed by atoms with E-state index < -0.39 is 0 Å². The summed E-state index contributed by atoms with van der Waals surface area (Å²) in [6.45, 7) is 0. The molecule has 1 aliphatic heterocycles. The van der Waals surface area contributed by atoms with Crippen LogP contribution in [-0.4, -0.2) is 10.9 Å². The Morgan fingerprint density at radius 3 is 2.73 bits per heavy atom. The van der Waals surface area contributed by atoms with Crippen molar-refractivity contribution in [1.82, 2.24) is 4.98 Å². The fourth-order valence-electron chi connectivity index (χ4n) is 2.68. The third-order valence-electron chi connectivity index (χ3n) is 3.65. The number of nitrogens with one attached hydrogen (secondary N) is 2. The lowest BCUT2D eigenvalue weighted by atomic mass is 10.1. The smallest absolute Gasteiger partial charge is 0.357 e. The maximum Gasteiger partial charge on any atom is 0.365 e. The standard InChI is InChI=1S/C15H11Cl2N5/c16-9-6-5-8(7-10(9)17)13-20-14(18)21-15-19-11-3-1-2-4-12(11)22(13)15/h1-7,13H,(H3,18,19,20,21)/p+1/t13-/m1/s1. The van der Waals surface area contributed by atoms with Crippen LogP contribution in [0.5, 0.6) is 0 Å². The van der Waals surface area contributed by atoms with Crippen molar-refractivity contribution in [2.75, 3.05) is 5.32 Å². The molecule has 22 heavy (non-hydrogen) atoms.